The molecule has 2 nitrogen and oxygen atoms in total. The zero-order valence-electron chi connectivity index (χ0n) is 9.02. The average molecular weight is 230 g/mol. The molecule has 16 heavy (non-hydrogen) atoms. The molecule has 82 valence electrons. The first-order valence-corrected chi connectivity index (χ1v) is 6.45. The summed E-state index contributed by atoms with van der Waals surface area (Å²) in [5.74, 6) is 0.546. The van der Waals surface area contributed by atoms with E-state index < -0.39 is 0 Å². The van der Waals surface area contributed by atoms with Crippen LogP contribution in [0.25, 0.3) is 10.6 Å². The Morgan fingerprint density at radius 2 is 2.12 bits per heavy atom. The summed E-state index contributed by atoms with van der Waals surface area (Å²) in [6.07, 6.45) is 2.28. The van der Waals surface area contributed by atoms with Gasteiger partial charge in [-0.2, -0.15) is 0 Å². The van der Waals surface area contributed by atoms with Gasteiger partial charge in [-0.1, -0.05) is 30.3 Å². The van der Waals surface area contributed by atoms with E-state index in [1.165, 1.54) is 22.6 Å². The molecule has 2 aromatic rings. The summed E-state index contributed by atoms with van der Waals surface area (Å²) in [7, 11) is 0. The van der Waals surface area contributed by atoms with Crippen LogP contribution in [0.3, 0.4) is 0 Å². The lowest BCUT2D eigenvalue weighted by molar-refractivity contribution is 0.694. The van der Waals surface area contributed by atoms with Gasteiger partial charge in [-0.25, -0.2) is 4.98 Å². The van der Waals surface area contributed by atoms with Crippen molar-refractivity contribution in [2.45, 2.75) is 18.8 Å². The van der Waals surface area contributed by atoms with Gasteiger partial charge in [0.1, 0.15) is 5.01 Å². The Bertz CT molecular complexity index is 490. The first kappa shape index (κ1) is 10.00. The Labute approximate surface area is 99.1 Å². The van der Waals surface area contributed by atoms with Gasteiger partial charge in [0.25, 0.3) is 0 Å². The predicted octanol–water partition coefficient (Wildman–Crippen LogP) is 2.80. The Morgan fingerprint density at radius 1 is 1.31 bits per heavy atom. The molecule has 0 saturated carbocycles. The number of aromatic nitrogens is 1. The van der Waals surface area contributed by atoms with E-state index in [1.54, 1.807) is 0 Å². The summed E-state index contributed by atoms with van der Waals surface area (Å²) < 4.78 is 0. The summed E-state index contributed by atoms with van der Waals surface area (Å²) >= 11 is 1.82. The minimum Gasteiger partial charge on any atom is -0.330 e. The van der Waals surface area contributed by atoms with Gasteiger partial charge in [0, 0.05) is 22.9 Å². The lowest BCUT2D eigenvalue weighted by Gasteiger charge is -2.03. The molecule has 0 aliphatic heterocycles. The van der Waals surface area contributed by atoms with E-state index >= 15 is 0 Å². The van der Waals surface area contributed by atoms with E-state index in [9.17, 15) is 0 Å². The molecule has 0 amide bonds. The van der Waals surface area contributed by atoms with Gasteiger partial charge >= 0.3 is 0 Å². The topological polar surface area (TPSA) is 38.9 Å². The normalized spacial score (nSPS) is 18.7. The summed E-state index contributed by atoms with van der Waals surface area (Å²) in [6, 6.07) is 10.4. The van der Waals surface area contributed by atoms with E-state index in [1.807, 2.05) is 17.4 Å². The number of rotatable bonds is 2. The van der Waals surface area contributed by atoms with Crippen LogP contribution in [-0.2, 0) is 6.42 Å². The molecule has 0 radical (unpaired) electrons. The summed E-state index contributed by atoms with van der Waals surface area (Å²) in [5.41, 5.74) is 8.27. The van der Waals surface area contributed by atoms with Gasteiger partial charge in [-0.15, -0.1) is 11.3 Å². The standard InChI is InChI=1S/C13H14N2S/c14-8-10-6-7-11-12(10)16-13(15-11)9-4-2-1-3-5-9/h1-5,10H,6-8,14H2. The molecule has 2 N–H and O–H groups in total. The van der Waals surface area contributed by atoms with Crippen molar-refractivity contribution in [1.82, 2.24) is 4.98 Å². The maximum atomic E-state index is 5.78. The fourth-order valence-electron chi connectivity index (χ4n) is 2.23. The minimum atomic E-state index is 0.546. The molecule has 0 bridgehead atoms. The third kappa shape index (κ3) is 1.56. The van der Waals surface area contributed by atoms with E-state index in [0.29, 0.717) is 5.92 Å². The van der Waals surface area contributed by atoms with Crippen molar-refractivity contribution in [1.29, 1.82) is 0 Å². The van der Waals surface area contributed by atoms with E-state index in [0.717, 1.165) is 18.0 Å². The van der Waals surface area contributed by atoms with E-state index in [-0.39, 0.29) is 0 Å². The van der Waals surface area contributed by atoms with Gasteiger partial charge in [-0.05, 0) is 12.8 Å². The number of benzene rings is 1. The Kier molecular flexibility index (Phi) is 2.50. The number of aryl methyl sites for hydroxylation is 1. The molecule has 1 aliphatic carbocycles. The van der Waals surface area contributed by atoms with Crippen molar-refractivity contribution < 1.29 is 0 Å². The first-order valence-electron chi connectivity index (χ1n) is 5.63. The molecule has 3 rings (SSSR count). The second-order valence-electron chi connectivity index (χ2n) is 4.17. The molecule has 0 fully saturated rings. The second-order valence-corrected chi connectivity index (χ2v) is 5.20. The molecule has 1 heterocycles. The zero-order chi connectivity index (χ0) is 11.0. The van der Waals surface area contributed by atoms with Crippen LogP contribution in [0.15, 0.2) is 30.3 Å². The number of nitrogens with two attached hydrogens (primary N) is 1. The van der Waals surface area contributed by atoms with Crippen LogP contribution >= 0.6 is 11.3 Å². The largest absolute Gasteiger partial charge is 0.330 e. The molecule has 1 unspecified atom stereocenters. The van der Waals surface area contributed by atoms with Crippen molar-refractivity contribution in [3.63, 3.8) is 0 Å². The molecule has 1 aromatic carbocycles. The molecule has 1 aliphatic rings. The molecule has 3 heteroatoms. The lowest BCUT2D eigenvalue weighted by Crippen LogP contribution is -2.07. The van der Waals surface area contributed by atoms with Crippen LogP contribution < -0.4 is 5.73 Å². The molecular formula is C13H14N2S. The van der Waals surface area contributed by atoms with Crippen molar-refractivity contribution >= 4 is 11.3 Å². The van der Waals surface area contributed by atoms with Crippen molar-refractivity contribution in [3.05, 3.63) is 40.9 Å². The highest BCUT2D eigenvalue weighted by atomic mass is 32.1. The van der Waals surface area contributed by atoms with Crippen molar-refractivity contribution in [2.24, 2.45) is 5.73 Å². The van der Waals surface area contributed by atoms with Crippen molar-refractivity contribution in [3.8, 4) is 10.6 Å². The second kappa shape index (κ2) is 4.00. The lowest BCUT2D eigenvalue weighted by atomic mass is 10.1. The van der Waals surface area contributed by atoms with E-state index in [4.69, 9.17) is 10.7 Å². The van der Waals surface area contributed by atoms with Gasteiger partial charge in [0.2, 0.25) is 0 Å². The SMILES string of the molecule is NCC1CCc2nc(-c3ccccc3)sc21. The number of nitrogens with zero attached hydrogens (tertiary/aromatic N) is 1. The predicted molar refractivity (Wildman–Crippen MR) is 67.7 cm³/mol. The highest BCUT2D eigenvalue weighted by Crippen LogP contribution is 2.39. The van der Waals surface area contributed by atoms with Gasteiger partial charge in [0.15, 0.2) is 0 Å². The van der Waals surface area contributed by atoms with Crippen LogP contribution in [0.4, 0.5) is 0 Å². The molecular weight excluding hydrogens is 216 g/mol. The minimum absolute atomic E-state index is 0.546. The smallest absolute Gasteiger partial charge is 0.123 e. The molecule has 0 spiro atoms. The van der Waals surface area contributed by atoms with Crippen LogP contribution in [0.1, 0.15) is 22.9 Å². The zero-order valence-corrected chi connectivity index (χ0v) is 9.83. The Hall–Kier alpha value is -1.19. The van der Waals surface area contributed by atoms with Gasteiger partial charge in [0.05, 0.1) is 5.69 Å². The van der Waals surface area contributed by atoms with Crippen LogP contribution in [0, 0.1) is 0 Å². The Morgan fingerprint density at radius 3 is 2.88 bits per heavy atom. The number of hydrogen-bond donors (Lipinski definition) is 1. The fraction of sp³-hybridized carbons (Fsp3) is 0.308. The highest BCUT2D eigenvalue weighted by molar-refractivity contribution is 7.15. The quantitative estimate of drug-likeness (QED) is 0.861. The highest BCUT2D eigenvalue weighted by Gasteiger charge is 2.25. The summed E-state index contributed by atoms with van der Waals surface area (Å²) in [5, 5.41) is 1.14. The third-order valence-corrected chi connectivity index (χ3v) is 4.44. The maximum absolute atomic E-state index is 5.78. The summed E-state index contributed by atoms with van der Waals surface area (Å²) in [4.78, 5) is 6.14. The van der Waals surface area contributed by atoms with E-state index in [2.05, 4.69) is 24.3 Å². The first-order chi connectivity index (χ1) is 7.88. The number of hydrogen-bond acceptors (Lipinski definition) is 3. The van der Waals surface area contributed by atoms with Crippen molar-refractivity contribution in [2.75, 3.05) is 6.54 Å². The molecule has 1 aromatic heterocycles. The van der Waals surface area contributed by atoms with Gasteiger partial charge in [-0.3, -0.25) is 0 Å². The maximum Gasteiger partial charge on any atom is 0.123 e. The molecule has 0 saturated heterocycles. The monoisotopic (exact) mass is 230 g/mol. The summed E-state index contributed by atoms with van der Waals surface area (Å²) in [6.45, 7) is 0.753. The van der Waals surface area contributed by atoms with Crippen LogP contribution in [0.5, 0.6) is 0 Å². The number of fused-ring (bicyclic) bond motifs is 1. The van der Waals surface area contributed by atoms with Crippen LogP contribution in [0.2, 0.25) is 0 Å². The third-order valence-electron chi connectivity index (χ3n) is 3.13. The molecule has 1 atom stereocenters. The Balaban J connectivity index is 2.00. The number of thiazole rings is 1. The van der Waals surface area contributed by atoms with Gasteiger partial charge < -0.3 is 5.73 Å². The average Bonchev–Trinajstić information content (AvgIpc) is 2.89. The van der Waals surface area contributed by atoms with Crippen LogP contribution in [-0.4, -0.2) is 11.5 Å². The fourth-order valence-corrected chi connectivity index (χ4v) is 3.50.